The van der Waals surface area contributed by atoms with Crippen LogP contribution in [0.4, 0.5) is 0 Å². The number of pyridine rings is 1. The largest absolute Gasteiger partial charge is 0.478 e. The SMILES string of the molecule is O=C(O)c1ccc2nnc(CN3CCOCC3)n2c1. The third-order valence-corrected chi connectivity index (χ3v) is 3.19. The lowest BCUT2D eigenvalue weighted by Gasteiger charge is -2.25. The van der Waals surface area contributed by atoms with Gasteiger partial charge >= 0.3 is 5.97 Å². The zero-order chi connectivity index (χ0) is 13.2. The van der Waals surface area contributed by atoms with Gasteiger partial charge in [-0.05, 0) is 12.1 Å². The van der Waals surface area contributed by atoms with Crippen molar-refractivity contribution in [2.75, 3.05) is 26.3 Å². The number of nitrogens with zero attached hydrogens (tertiary/aromatic N) is 4. The van der Waals surface area contributed by atoms with Crippen molar-refractivity contribution >= 4 is 11.6 Å². The van der Waals surface area contributed by atoms with Gasteiger partial charge in [-0.15, -0.1) is 10.2 Å². The maximum absolute atomic E-state index is 11.0. The van der Waals surface area contributed by atoms with Crippen molar-refractivity contribution < 1.29 is 14.6 Å². The summed E-state index contributed by atoms with van der Waals surface area (Å²) in [5, 5.41) is 17.2. The van der Waals surface area contributed by atoms with E-state index < -0.39 is 5.97 Å². The smallest absolute Gasteiger partial charge is 0.337 e. The van der Waals surface area contributed by atoms with Crippen LogP contribution < -0.4 is 0 Å². The summed E-state index contributed by atoms with van der Waals surface area (Å²) in [7, 11) is 0. The lowest BCUT2D eigenvalue weighted by molar-refractivity contribution is 0.0329. The Hall–Kier alpha value is -1.99. The summed E-state index contributed by atoms with van der Waals surface area (Å²) >= 11 is 0. The average Bonchev–Trinajstić information content (AvgIpc) is 2.82. The highest BCUT2D eigenvalue weighted by Crippen LogP contribution is 2.10. The molecule has 1 aliphatic rings. The number of carbonyl (C=O) groups is 1. The Morgan fingerprint density at radius 3 is 2.84 bits per heavy atom. The van der Waals surface area contributed by atoms with Gasteiger partial charge < -0.3 is 9.84 Å². The Morgan fingerprint density at radius 1 is 1.32 bits per heavy atom. The molecule has 19 heavy (non-hydrogen) atoms. The lowest BCUT2D eigenvalue weighted by atomic mass is 10.3. The quantitative estimate of drug-likeness (QED) is 0.854. The number of rotatable bonds is 3. The van der Waals surface area contributed by atoms with Gasteiger partial charge in [-0.25, -0.2) is 4.79 Å². The van der Waals surface area contributed by atoms with Crippen LogP contribution in [0.15, 0.2) is 18.3 Å². The van der Waals surface area contributed by atoms with E-state index >= 15 is 0 Å². The molecule has 2 aromatic heterocycles. The standard InChI is InChI=1S/C12H14N4O3/c17-12(18)9-1-2-10-13-14-11(16(10)7-9)8-15-3-5-19-6-4-15/h1-2,7H,3-6,8H2,(H,17,18). The van der Waals surface area contributed by atoms with Crippen molar-refractivity contribution in [3.63, 3.8) is 0 Å². The van der Waals surface area contributed by atoms with Crippen LogP contribution in [-0.2, 0) is 11.3 Å². The fraction of sp³-hybridized carbons (Fsp3) is 0.417. The van der Waals surface area contributed by atoms with Crippen molar-refractivity contribution in [1.82, 2.24) is 19.5 Å². The minimum Gasteiger partial charge on any atom is -0.478 e. The molecule has 7 heteroatoms. The summed E-state index contributed by atoms with van der Waals surface area (Å²) < 4.78 is 7.03. The highest BCUT2D eigenvalue weighted by Gasteiger charge is 2.15. The van der Waals surface area contributed by atoms with Crippen LogP contribution in [-0.4, -0.2) is 56.9 Å². The minimum absolute atomic E-state index is 0.232. The molecule has 3 heterocycles. The van der Waals surface area contributed by atoms with Gasteiger partial charge in [-0.3, -0.25) is 9.30 Å². The maximum Gasteiger partial charge on any atom is 0.337 e. The molecule has 100 valence electrons. The third kappa shape index (κ3) is 2.42. The molecule has 0 aliphatic carbocycles. The number of carboxylic acids is 1. The van der Waals surface area contributed by atoms with Crippen LogP contribution in [0.2, 0.25) is 0 Å². The van der Waals surface area contributed by atoms with E-state index in [2.05, 4.69) is 15.1 Å². The van der Waals surface area contributed by atoms with E-state index in [1.807, 2.05) is 0 Å². The number of carboxylic acid groups (broad SMARTS) is 1. The average molecular weight is 262 g/mol. The first-order valence-electron chi connectivity index (χ1n) is 6.11. The summed E-state index contributed by atoms with van der Waals surface area (Å²) in [6.45, 7) is 3.79. The number of aromatic nitrogens is 3. The molecule has 0 saturated carbocycles. The van der Waals surface area contributed by atoms with Gasteiger partial charge in [0.2, 0.25) is 0 Å². The Labute approximate surface area is 109 Å². The molecule has 0 unspecified atom stereocenters. The molecular formula is C12H14N4O3. The third-order valence-electron chi connectivity index (χ3n) is 3.19. The molecule has 1 N–H and O–H groups in total. The fourth-order valence-corrected chi connectivity index (χ4v) is 2.13. The van der Waals surface area contributed by atoms with Gasteiger partial charge in [0, 0.05) is 19.3 Å². The van der Waals surface area contributed by atoms with Crippen LogP contribution in [0.1, 0.15) is 16.2 Å². The van der Waals surface area contributed by atoms with Gasteiger partial charge in [0.15, 0.2) is 11.5 Å². The molecule has 1 aliphatic heterocycles. The monoisotopic (exact) mass is 262 g/mol. The molecule has 0 bridgehead atoms. The van der Waals surface area contributed by atoms with Crippen molar-refractivity contribution in [2.24, 2.45) is 0 Å². The van der Waals surface area contributed by atoms with E-state index in [0.717, 1.165) is 32.1 Å². The molecule has 3 rings (SSSR count). The zero-order valence-corrected chi connectivity index (χ0v) is 10.3. The van der Waals surface area contributed by atoms with Crippen molar-refractivity contribution in [3.8, 4) is 0 Å². The molecule has 7 nitrogen and oxygen atoms in total. The number of ether oxygens (including phenoxy) is 1. The van der Waals surface area contributed by atoms with Gasteiger partial charge in [0.05, 0.1) is 25.3 Å². The number of hydrogen-bond acceptors (Lipinski definition) is 5. The Balaban J connectivity index is 1.89. The predicted molar refractivity (Wildman–Crippen MR) is 66.0 cm³/mol. The second kappa shape index (κ2) is 4.94. The van der Waals surface area contributed by atoms with Gasteiger partial charge in [0.25, 0.3) is 0 Å². The normalized spacial score (nSPS) is 16.8. The van der Waals surface area contributed by atoms with Crippen LogP contribution in [0.5, 0.6) is 0 Å². The van der Waals surface area contributed by atoms with Crippen molar-refractivity contribution in [1.29, 1.82) is 0 Å². The van der Waals surface area contributed by atoms with E-state index in [9.17, 15) is 4.79 Å². The first kappa shape index (κ1) is 12.1. The number of aromatic carboxylic acids is 1. The summed E-state index contributed by atoms with van der Waals surface area (Å²) in [6.07, 6.45) is 1.56. The number of fused-ring (bicyclic) bond motifs is 1. The van der Waals surface area contributed by atoms with Gasteiger partial charge in [0.1, 0.15) is 0 Å². The Kier molecular flexibility index (Phi) is 3.14. The van der Waals surface area contributed by atoms with E-state index in [-0.39, 0.29) is 5.56 Å². The van der Waals surface area contributed by atoms with E-state index in [0.29, 0.717) is 12.2 Å². The maximum atomic E-state index is 11.0. The molecule has 1 fully saturated rings. The Morgan fingerprint density at radius 2 is 2.11 bits per heavy atom. The topological polar surface area (TPSA) is 80.0 Å². The molecule has 1 saturated heterocycles. The van der Waals surface area contributed by atoms with E-state index in [1.165, 1.54) is 6.07 Å². The second-order valence-electron chi connectivity index (χ2n) is 4.46. The van der Waals surface area contributed by atoms with Crippen LogP contribution in [0.25, 0.3) is 5.65 Å². The first-order valence-corrected chi connectivity index (χ1v) is 6.11. The highest BCUT2D eigenvalue weighted by molar-refractivity contribution is 5.87. The summed E-state index contributed by atoms with van der Waals surface area (Å²) in [5.41, 5.74) is 0.892. The lowest BCUT2D eigenvalue weighted by Crippen LogP contribution is -2.36. The highest BCUT2D eigenvalue weighted by atomic mass is 16.5. The Bertz CT molecular complexity index is 604. The van der Waals surface area contributed by atoms with E-state index in [4.69, 9.17) is 9.84 Å². The molecule has 0 atom stereocenters. The number of morpholine rings is 1. The molecule has 2 aromatic rings. The summed E-state index contributed by atoms with van der Waals surface area (Å²) in [5.74, 6) is -0.201. The molecule has 0 radical (unpaired) electrons. The molecular weight excluding hydrogens is 248 g/mol. The van der Waals surface area contributed by atoms with Crippen LogP contribution >= 0.6 is 0 Å². The second-order valence-corrected chi connectivity index (χ2v) is 4.46. The van der Waals surface area contributed by atoms with Crippen molar-refractivity contribution in [3.05, 3.63) is 29.7 Å². The van der Waals surface area contributed by atoms with Crippen molar-refractivity contribution in [2.45, 2.75) is 6.54 Å². The van der Waals surface area contributed by atoms with E-state index in [1.54, 1.807) is 16.7 Å². The van der Waals surface area contributed by atoms with Crippen LogP contribution in [0, 0.1) is 0 Å². The first-order chi connectivity index (χ1) is 9.24. The van der Waals surface area contributed by atoms with Gasteiger partial charge in [-0.1, -0.05) is 0 Å². The fourth-order valence-electron chi connectivity index (χ4n) is 2.13. The number of hydrogen-bond donors (Lipinski definition) is 1. The summed E-state index contributed by atoms with van der Waals surface area (Å²) in [6, 6.07) is 3.20. The molecule has 0 aromatic carbocycles. The zero-order valence-electron chi connectivity index (χ0n) is 10.3. The van der Waals surface area contributed by atoms with Crippen LogP contribution in [0.3, 0.4) is 0 Å². The summed E-state index contributed by atoms with van der Waals surface area (Å²) in [4.78, 5) is 13.2. The molecule has 0 spiro atoms. The minimum atomic E-state index is -0.951. The predicted octanol–water partition coefficient (Wildman–Crippen LogP) is 0.260. The molecule has 0 amide bonds. The van der Waals surface area contributed by atoms with Gasteiger partial charge in [-0.2, -0.15) is 0 Å².